The molecule has 0 spiro atoms. The zero-order valence-corrected chi connectivity index (χ0v) is 21.3. The second kappa shape index (κ2) is 9.71. The first kappa shape index (κ1) is 23.3. The Bertz CT molecular complexity index is 1730. The molecule has 4 aromatic rings. The monoisotopic (exact) mass is 506 g/mol. The molecule has 3 aromatic carbocycles. The van der Waals surface area contributed by atoms with E-state index in [1.54, 1.807) is 13.2 Å². The predicted molar refractivity (Wildman–Crippen MR) is 148 cm³/mol. The van der Waals surface area contributed by atoms with Gasteiger partial charge in [-0.05, 0) is 42.2 Å². The number of nitrogens with zero attached hydrogens (tertiary/aromatic N) is 2. The lowest BCUT2D eigenvalue weighted by molar-refractivity contribution is 0.362. The number of thiazole rings is 1. The van der Waals surface area contributed by atoms with E-state index in [0.29, 0.717) is 21.7 Å². The topological polar surface area (TPSA) is 52.8 Å². The predicted octanol–water partition coefficient (Wildman–Crippen LogP) is 4.89. The summed E-state index contributed by atoms with van der Waals surface area (Å²) in [5.41, 5.74) is 6.30. The highest BCUT2D eigenvalue weighted by molar-refractivity contribution is 7.07. The third kappa shape index (κ3) is 4.03. The van der Waals surface area contributed by atoms with Crippen LogP contribution in [0.5, 0.6) is 11.5 Å². The molecule has 0 saturated carbocycles. The SMILES string of the molecule is C=CCOc1ccccc1/C=c1\sc2n(c1=O)C(c1ccccc1OC)C1=C(N=2)c2ccccc2CC1. The maximum Gasteiger partial charge on any atom is 0.271 e. The molecule has 0 amide bonds. The van der Waals surface area contributed by atoms with Gasteiger partial charge in [-0.2, -0.15) is 0 Å². The normalized spacial score (nSPS) is 16.4. The molecule has 6 heteroatoms. The minimum atomic E-state index is -0.287. The quantitative estimate of drug-likeness (QED) is 0.350. The van der Waals surface area contributed by atoms with E-state index in [1.807, 2.05) is 53.1 Å². The van der Waals surface area contributed by atoms with Crippen LogP contribution in [0.15, 0.2) is 101 Å². The van der Waals surface area contributed by atoms with Gasteiger partial charge in [-0.25, -0.2) is 4.99 Å². The van der Waals surface area contributed by atoms with Crippen molar-refractivity contribution < 1.29 is 9.47 Å². The summed E-state index contributed by atoms with van der Waals surface area (Å²) in [6.07, 6.45) is 5.35. The highest BCUT2D eigenvalue weighted by atomic mass is 32.1. The number of allylic oxidation sites excluding steroid dienone is 1. The van der Waals surface area contributed by atoms with Crippen molar-refractivity contribution in [1.29, 1.82) is 0 Å². The second-order valence-electron chi connectivity index (χ2n) is 8.99. The van der Waals surface area contributed by atoms with E-state index < -0.39 is 0 Å². The summed E-state index contributed by atoms with van der Waals surface area (Å²) in [6.45, 7) is 4.13. The maximum absolute atomic E-state index is 14.0. The molecule has 0 bridgehead atoms. The van der Waals surface area contributed by atoms with Gasteiger partial charge in [-0.15, -0.1) is 0 Å². The zero-order chi connectivity index (χ0) is 25.4. The standard InChI is InChI=1S/C31H26N2O3S/c1-3-18-36-25-14-8-5-11-21(25)19-27-30(34)33-29(23-13-7-9-15-26(23)35-2)24-17-16-20-10-4-6-12-22(20)28(24)32-31(33)37-27/h3-15,19,29H,1,16-18H2,2H3/b27-19-. The van der Waals surface area contributed by atoms with Crippen molar-refractivity contribution in [3.05, 3.63) is 133 Å². The molecule has 1 aliphatic heterocycles. The number of benzene rings is 3. The minimum Gasteiger partial charge on any atom is -0.496 e. The van der Waals surface area contributed by atoms with E-state index in [4.69, 9.17) is 14.5 Å². The van der Waals surface area contributed by atoms with E-state index in [2.05, 4.69) is 36.9 Å². The van der Waals surface area contributed by atoms with Crippen LogP contribution in [0.3, 0.4) is 0 Å². The largest absolute Gasteiger partial charge is 0.496 e. The summed E-state index contributed by atoms with van der Waals surface area (Å²) in [6, 6.07) is 23.8. The molecule has 5 nitrogen and oxygen atoms in total. The van der Waals surface area contributed by atoms with Gasteiger partial charge in [-0.1, -0.05) is 84.7 Å². The maximum atomic E-state index is 14.0. The number of hydrogen-bond donors (Lipinski definition) is 0. The van der Waals surface area contributed by atoms with E-state index >= 15 is 0 Å². The van der Waals surface area contributed by atoms with Gasteiger partial charge in [0, 0.05) is 16.7 Å². The summed E-state index contributed by atoms with van der Waals surface area (Å²) in [7, 11) is 1.67. The van der Waals surface area contributed by atoms with Gasteiger partial charge < -0.3 is 9.47 Å². The van der Waals surface area contributed by atoms with Crippen molar-refractivity contribution in [2.24, 2.45) is 4.99 Å². The molecule has 0 radical (unpaired) electrons. The first-order chi connectivity index (χ1) is 18.2. The van der Waals surface area contributed by atoms with Crippen LogP contribution in [0.2, 0.25) is 0 Å². The van der Waals surface area contributed by atoms with Crippen molar-refractivity contribution in [2.75, 3.05) is 13.7 Å². The van der Waals surface area contributed by atoms with Crippen LogP contribution in [0, 0.1) is 0 Å². The fourth-order valence-electron chi connectivity index (χ4n) is 5.21. The molecule has 0 saturated heterocycles. The molecule has 2 aliphatic rings. The Balaban J connectivity index is 1.61. The fraction of sp³-hybridized carbons (Fsp3) is 0.161. The zero-order valence-electron chi connectivity index (χ0n) is 20.5. The van der Waals surface area contributed by atoms with E-state index in [-0.39, 0.29) is 11.6 Å². The highest BCUT2D eigenvalue weighted by Crippen LogP contribution is 2.43. The number of ether oxygens (including phenoxy) is 2. The lowest BCUT2D eigenvalue weighted by atomic mass is 9.83. The van der Waals surface area contributed by atoms with Crippen LogP contribution < -0.4 is 24.4 Å². The van der Waals surface area contributed by atoms with E-state index in [9.17, 15) is 4.79 Å². The number of methoxy groups -OCH3 is 1. The Morgan fingerprint density at radius 1 is 1.03 bits per heavy atom. The minimum absolute atomic E-state index is 0.0661. The smallest absolute Gasteiger partial charge is 0.271 e. The molecule has 0 N–H and O–H groups in total. The molecule has 2 heterocycles. The molecule has 0 fully saturated rings. The molecular formula is C31H26N2O3S. The van der Waals surface area contributed by atoms with Gasteiger partial charge >= 0.3 is 0 Å². The van der Waals surface area contributed by atoms with Crippen molar-refractivity contribution in [1.82, 2.24) is 4.57 Å². The highest BCUT2D eigenvalue weighted by Gasteiger charge is 2.33. The van der Waals surface area contributed by atoms with Crippen molar-refractivity contribution >= 4 is 23.1 Å². The Morgan fingerprint density at radius 3 is 2.62 bits per heavy atom. The van der Waals surface area contributed by atoms with Gasteiger partial charge in [0.25, 0.3) is 5.56 Å². The number of hydrogen-bond acceptors (Lipinski definition) is 5. The van der Waals surface area contributed by atoms with Crippen LogP contribution in [0.25, 0.3) is 11.8 Å². The Hall–Kier alpha value is -4.16. The number of rotatable bonds is 6. The fourth-order valence-corrected chi connectivity index (χ4v) is 6.20. The number of aryl methyl sites for hydroxylation is 1. The Labute approximate surface area is 219 Å². The first-order valence-electron chi connectivity index (χ1n) is 12.3. The Kier molecular flexibility index (Phi) is 6.10. The van der Waals surface area contributed by atoms with Crippen LogP contribution >= 0.6 is 11.3 Å². The summed E-state index contributed by atoms with van der Waals surface area (Å²) in [5, 5.41) is 0. The van der Waals surface area contributed by atoms with Crippen molar-refractivity contribution in [3.63, 3.8) is 0 Å². The van der Waals surface area contributed by atoms with Crippen LogP contribution in [-0.2, 0) is 6.42 Å². The van der Waals surface area contributed by atoms with Crippen molar-refractivity contribution in [2.45, 2.75) is 18.9 Å². The van der Waals surface area contributed by atoms with Gasteiger partial charge in [0.2, 0.25) is 0 Å². The Morgan fingerprint density at radius 2 is 1.78 bits per heavy atom. The van der Waals surface area contributed by atoms with Crippen molar-refractivity contribution in [3.8, 4) is 11.5 Å². The number of aromatic nitrogens is 1. The van der Waals surface area contributed by atoms with Gasteiger partial charge in [0.1, 0.15) is 18.1 Å². The van der Waals surface area contributed by atoms with Gasteiger partial charge in [-0.3, -0.25) is 9.36 Å². The average molecular weight is 507 g/mol. The second-order valence-corrected chi connectivity index (χ2v) is 10.0. The summed E-state index contributed by atoms with van der Waals surface area (Å²) >= 11 is 1.41. The third-order valence-electron chi connectivity index (χ3n) is 6.87. The average Bonchev–Trinajstić information content (AvgIpc) is 3.25. The van der Waals surface area contributed by atoms with Crippen LogP contribution in [-0.4, -0.2) is 18.3 Å². The summed E-state index contributed by atoms with van der Waals surface area (Å²) in [5.74, 6) is 1.47. The molecule has 6 rings (SSSR count). The molecular weight excluding hydrogens is 480 g/mol. The van der Waals surface area contributed by atoms with Crippen LogP contribution in [0.1, 0.15) is 34.7 Å². The third-order valence-corrected chi connectivity index (χ3v) is 7.85. The molecule has 1 aliphatic carbocycles. The lowest BCUT2D eigenvalue weighted by Crippen LogP contribution is -2.39. The van der Waals surface area contributed by atoms with E-state index in [1.165, 1.54) is 16.9 Å². The first-order valence-corrected chi connectivity index (χ1v) is 13.1. The van der Waals surface area contributed by atoms with Crippen LogP contribution in [0.4, 0.5) is 0 Å². The summed E-state index contributed by atoms with van der Waals surface area (Å²) < 4.78 is 14.1. The van der Waals surface area contributed by atoms with Gasteiger partial charge in [0.15, 0.2) is 4.80 Å². The lowest BCUT2D eigenvalue weighted by Gasteiger charge is -2.31. The molecule has 37 heavy (non-hydrogen) atoms. The molecule has 1 unspecified atom stereocenters. The van der Waals surface area contributed by atoms with E-state index in [0.717, 1.165) is 46.6 Å². The summed E-state index contributed by atoms with van der Waals surface area (Å²) in [4.78, 5) is 19.8. The molecule has 1 aromatic heterocycles. The molecule has 184 valence electrons. The number of para-hydroxylation sites is 2. The number of fused-ring (bicyclic) bond motifs is 3. The van der Waals surface area contributed by atoms with Gasteiger partial charge in [0.05, 0.1) is 23.4 Å². The molecule has 1 atom stereocenters.